The Bertz CT molecular complexity index is 664. The lowest BCUT2D eigenvalue weighted by Gasteiger charge is -2.27. The third kappa shape index (κ3) is 4.37. The number of rotatable bonds is 5. The third-order valence-electron chi connectivity index (χ3n) is 3.96. The molecule has 1 aromatic heterocycles. The molecule has 122 valence electrons. The van der Waals surface area contributed by atoms with Crippen molar-refractivity contribution in [3.8, 4) is 11.3 Å². The van der Waals surface area contributed by atoms with Crippen molar-refractivity contribution < 1.29 is 4.79 Å². The van der Waals surface area contributed by atoms with Crippen LogP contribution in [0.25, 0.3) is 11.3 Å². The highest BCUT2D eigenvalue weighted by atomic mass is 32.1. The van der Waals surface area contributed by atoms with Crippen molar-refractivity contribution in [1.29, 1.82) is 0 Å². The minimum absolute atomic E-state index is 0.0195. The van der Waals surface area contributed by atoms with Gasteiger partial charge in [-0.1, -0.05) is 12.1 Å². The second-order valence-corrected chi connectivity index (χ2v) is 6.74. The van der Waals surface area contributed by atoms with Crippen LogP contribution in [0, 0.1) is 6.92 Å². The Balaban J connectivity index is 1.56. The first-order valence-corrected chi connectivity index (χ1v) is 8.84. The van der Waals surface area contributed by atoms with Gasteiger partial charge in [0.05, 0.1) is 10.7 Å². The summed E-state index contributed by atoms with van der Waals surface area (Å²) in [5.41, 5.74) is 2.61. The smallest absolute Gasteiger partial charge is 0.251 e. The summed E-state index contributed by atoms with van der Waals surface area (Å²) in [6.45, 7) is 7.73. The van der Waals surface area contributed by atoms with Crippen LogP contribution in [-0.4, -0.2) is 55.1 Å². The summed E-state index contributed by atoms with van der Waals surface area (Å²) in [5.74, 6) is -0.0195. The van der Waals surface area contributed by atoms with E-state index >= 15 is 0 Å². The van der Waals surface area contributed by atoms with Gasteiger partial charge in [0.15, 0.2) is 0 Å². The zero-order valence-electron chi connectivity index (χ0n) is 13.3. The van der Waals surface area contributed by atoms with Gasteiger partial charge in [-0.2, -0.15) is 0 Å². The molecule has 5 nitrogen and oxygen atoms in total. The zero-order valence-corrected chi connectivity index (χ0v) is 14.2. The maximum atomic E-state index is 12.3. The molecule has 1 aromatic carbocycles. The fourth-order valence-electron chi connectivity index (χ4n) is 2.68. The van der Waals surface area contributed by atoms with E-state index in [-0.39, 0.29) is 5.91 Å². The maximum absolute atomic E-state index is 12.3. The average Bonchev–Trinajstić information content (AvgIpc) is 3.02. The molecule has 3 rings (SSSR count). The topological polar surface area (TPSA) is 57.3 Å². The number of benzene rings is 1. The zero-order chi connectivity index (χ0) is 16.1. The highest BCUT2D eigenvalue weighted by Crippen LogP contribution is 2.22. The molecule has 1 aliphatic rings. The van der Waals surface area contributed by atoms with Gasteiger partial charge in [-0.3, -0.25) is 9.69 Å². The highest BCUT2D eigenvalue weighted by Gasteiger charge is 2.11. The van der Waals surface area contributed by atoms with E-state index in [1.165, 1.54) is 0 Å². The first-order chi connectivity index (χ1) is 11.2. The fraction of sp³-hybridized carbons (Fsp3) is 0.412. The van der Waals surface area contributed by atoms with Crippen molar-refractivity contribution in [3.63, 3.8) is 0 Å². The van der Waals surface area contributed by atoms with Crippen molar-refractivity contribution in [2.24, 2.45) is 0 Å². The summed E-state index contributed by atoms with van der Waals surface area (Å²) in [4.78, 5) is 19.2. The number of hydrogen-bond donors (Lipinski definition) is 2. The number of aryl methyl sites for hydroxylation is 1. The molecule has 1 amide bonds. The van der Waals surface area contributed by atoms with E-state index in [1.807, 2.05) is 36.6 Å². The minimum Gasteiger partial charge on any atom is -0.351 e. The van der Waals surface area contributed by atoms with Crippen LogP contribution in [0.1, 0.15) is 15.4 Å². The van der Waals surface area contributed by atoms with Crippen molar-refractivity contribution >= 4 is 17.2 Å². The summed E-state index contributed by atoms with van der Waals surface area (Å²) in [7, 11) is 0. The lowest BCUT2D eigenvalue weighted by molar-refractivity contribution is 0.0947. The van der Waals surface area contributed by atoms with Gasteiger partial charge in [0.2, 0.25) is 0 Å². The summed E-state index contributed by atoms with van der Waals surface area (Å²) in [6.07, 6.45) is 0. The number of carbonyl (C=O) groups excluding carboxylic acids is 1. The first kappa shape index (κ1) is 16.1. The van der Waals surface area contributed by atoms with Gasteiger partial charge in [0, 0.05) is 55.8 Å². The molecule has 0 unspecified atom stereocenters. The van der Waals surface area contributed by atoms with Crippen LogP contribution in [0.2, 0.25) is 0 Å². The van der Waals surface area contributed by atoms with Gasteiger partial charge < -0.3 is 10.6 Å². The second kappa shape index (κ2) is 7.68. The second-order valence-electron chi connectivity index (χ2n) is 5.68. The number of thiazole rings is 1. The molecule has 0 bridgehead atoms. The van der Waals surface area contributed by atoms with Gasteiger partial charge in [-0.05, 0) is 19.1 Å². The number of aromatic nitrogens is 1. The average molecular weight is 330 g/mol. The number of nitrogens with one attached hydrogen (secondary N) is 2. The molecule has 1 fully saturated rings. The molecular formula is C17H22N4OS. The lowest BCUT2D eigenvalue weighted by atomic mass is 10.1. The predicted molar refractivity (Wildman–Crippen MR) is 93.9 cm³/mol. The number of hydrogen-bond acceptors (Lipinski definition) is 5. The summed E-state index contributed by atoms with van der Waals surface area (Å²) in [6, 6.07) is 7.67. The molecule has 2 heterocycles. The minimum atomic E-state index is -0.0195. The van der Waals surface area contributed by atoms with E-state index in [0.717, 1.165) is 49.0 Å². The Morgan fingerprint density at radius 3 is 2.96 bits per heavy atom. The Kier molecular flexibility index (Phi) is 5.38. The van der Waals surface area contributed by atoms with Crippen LogP contribution >= 0.6 is 11.3 Å². The molecule has 0 atom stereocenters. The van der Waals surface area contributed by atoms with Gasteiger partial charge in [0.1, 0.15) is 0 Å². The monoisotopic (exact) mass is 330 g/mol. The third-order valence-corrected chi connectivity index (χ3v) is 4.74. The van der Waals surface area contributed by atoms with Crippen molar-refractivity contribution in [2.75, 3.05) is 39.3 Å². The van der Waals surface area contributed by atoms with Gasteiger partial charge in [-0.25, -0.2) is 4.98 Å². The number of nitrogens with zero attached hydrogens (tertiary/aromatic N) is 2. The quantitative estimate of drug-likeness (QED) is 0.877. The normalized spacial score (nSPS) is 15.5. The van der Waals surface area contributed by atoms with E-state index in [9.17, 15) is 4.79 Å². The largest absolute Gasteiger partial charge is 0.351 e. The van der Waals surface area contributed by atoms with Gasteiger partial charge in [0.25, 0.3) is 5.91 Å². The summed E-state index contributed by atoms with van der Waals surface area (Å²) in [5, 5.41) is 9.40. The van der Waals surface area contributed by atoms with Crippen LogP contribution in [-0.2, 0) is 0 Å². The Morgan fingerprint density at radius 2 is 2.22 bits per heavy atom. The van der Waals surface area contributed by atoms with Gasteiger partial charge >= 0.3 is 0 Å². The summed E-state index contributed by atoms with van der Waals surface area (Å²) >= 11 is 1.62. The molecule has 2 N–H and O–H groups in total. The molecule has 0 saturated carbocycles. The Morgan fingerprint density at radius 1 is 1.39 bits per heavy atom. The van der Waals surface area contributed by atoms with Crippen LogP contribution < -0.4 is 10.6 Å². The van der Waals surface area contributed by atoms with Crippen molar-refractivity contribution in [2.45, 2.75) is 6.92 Å². The van der Waals surface area contributed by atoms with E-state index < -0.39 is 0 Å². The molecule has 1 aliphatic heterocycles. The van der Waals surface area contributed by atoms with E-state index in [1.54, 1.807) is 11.3 Å². The van der Waals surface area contributed by atoms with Gasteiger partial charge in [-0.15, -0.1) is 11.3 Å². The molecule has 0 radical (unpaired) electrons. The van der Waals surface area contributed by atoms with E-state index in [4.69, 9.17) is 0 Å². The van der Waals surface area contributed by atoms with Crippen LogP contribution in [0.3, 0.4) is 0 Å². The van der Waals surface area contributed by atoms with Crippen LogP contribution in [0.5, 0.6) is 0 Å². The maximum Gasteiger partial charge on any atom is 0.251 e. The SMILES string of the molecule is Cc1nc(-c2cccc(C(=O)NCCN3CCNCC3)c2)cs1. The number of carbonyl (C=O) groups is 1. The lowest BCUT2D eigenvalue weighted by Crippen LogP contribution is -2.46. The standard InChI is InChI=1S/C17H22N4OS/c1-13-20-16(12-23-13)14-3-2-4-15(11-14)17(22)19-7-10-21-8-5-18-6-9-21/h2-4,11-12,18H,5-10H2,1H3,(H,19,22). The first-order valence-electron chi connectivity index (χ1n) is 7.96. The van der Waals surface area contributed by atoms with Crippen LogP contribution in [0.15, 0.2) is 29.6 Å². The fourth-order valence-corrected chi connectivity index (χ4v) is 3.30. The predicted octanol–water partition coefficient (Wildman–Crippen LogP) is 1.75. The Hall–Kier alpha value is -1.76. The van der Waals surface area contributed by atoms with E-state index in [0.29, 0.717) is 12.1 Å². The molecule has 2 aromatic rings. The molecule has 6 heteroatoms. The van der Waals surface area contributed by atoms with Crippen molar-refractivity contribution in [3.05, 3.63) is 40.2 Å². The Labute approximate surface area is 140 Å². The molecule has 23 heavy (non-hydrogen) atoms. The molecule has 0 aliphatic carbocycles. The molecular weight excluding hydrogens is 308 g/mol. The summed E-state index contributed by atoms with van der Waals surface area (Å²) < 4.78 is 0. The van der Waals surface area contributed by atoms with Crippen molar-refractivity contribution in [1.82, 2.24) is 20.5 Å². The number of piperazine rings is 1. The number of amides is 1. The molecule has 0 spiro atoms. The molecule has 1 saturated heterocycles. The highest BCUT2D eigenvalue weighted by molar-refractivity contribution is 7.09. The van der Waals surface area contributed by atoms with E-state index in [2.05, 4.69) is 20.5 Å². The van der Waals surface area contributed by atoms with Crippen LogP contribution in [0.4, 0.5) is 0 Å².